The van der Waals surface area contributed by atoms with E-state index < -0.39 is 58.2 Å². The van der Waals surface area contributed by atoms with Crippen LogP contribution < -0.4 is 5.14 Å². The number of sulfonamides is 1. The molecule has 1 aromatic carbocycles. The standard InChI is InChI=1S/C16H22F2N2O6S2/c1-16(2,3)26-15(21)20-8-6-10(7-9-20)27(22,23)11-4-5-12(28(19,24)25)14(18)13(11)17/h4-5,10H,6-9H2,1-3H3,(H2,19,24,25). The van der Waals surface area contributed by atoms with Gasteiger partial charge in [0, 0.05) is 13.1 Å². The van der Waals surface area contributed by atoms with Crippen LogP contribution in [-0.2, 0) is 24.6 Å². The zero-order chi connectivity index (χ0) is 21.5. The molecule has 1 aliphatic heterocycles. The van der Waals surface area contributed by atoms with E-state index in [0.717, 1.165) is 0 Å². The molecule has 28 heavy (non-hydrogen) atoms. The summed E-state index contributed by atoms with van der Waals surface area (Å²) < 4.78 is 81.4. The van der Waals surface area contributed by atoms with Crippen LogP contribution >= 0.6 is 0 Å². The van der Waals surface area contributed by atoms with Gasteiger partial charge < -0.3 is 9.64 Å². The van der Waals surface area contributed by atoms with Crippen molar-refractivity contribution in [3.8, 4) is 0 Å². The Morgan fingerprint density at radius 2 is 1.54 bits per heavy atom. The van der Waals surface area contributed by atoms with Crippen LogP contribution in [0.4, 0.5) is 13.6 Å². The molecule has 0 aromatic heterocycles. The molecule has 0 spiro atoms. The number of amides is 1. The largest absolute Gasteiger partial charge is 0.444 e. The molecule has 0 bridgehead atoms. The molecule has 2 N–H and O–H groups in total. The minimum absolute atomic E-state index is 0.000422. The zero-order valence-corrected chi connectivity index (χ0v) is 17.2. The smallest absolute Gasteiger partial charge is 0.410 e. The Morgan fingerprint density at radius 3 is 2.00 bits per heavy atom. The molecule has 1 aromatic rings. The molecule has 8 nitrogen and oxygen atoms in total. The van der Waals surface area contributed by atoms with Gasteiger partial charge in [0.05, 0.1) is 5.25 Å². The molecular formula is C16H22F2N2O6S2. The molecule has 0 radical (unpaired) electrons. The Labute approximate surface area is 162 Å². The lowest BCUT2D eigenvalue weighted by molar-refractivity contribution is 0.0217. The Kier molecular flexibility index (Phi) is 6.07. The molecule has 158 valence electrons. The predicted molar refractivity (Wildman–Crippen MR) is 95.7 cm³/mol. The number of nitrogens with zero attached hydrogens (tertiary/aromatic N) is 1. The minimum atomic E-state index is -4.54. The summed E-state index contributed by atoms with van der Waals surface area (Å²) in [7, 11) is -8.83. The average molecular weight is 440 g/mol. The third-order valence-corrected chi connectivity index (χ3v) is 7.36. The van der Waals surface area contributed by atoms with Gasteiger partial charge in [-0.3, -0.25) is 0 Å². The van der Waals surface area contributed by atoms with Gasteiger partial charge in [0.1, 0.15) is 15.4 Å². The van der Waals surface area contributed by atoms with Crippen molar-refractivity contribution >= 4 is 26.0 Å². The van der Waals surface area contributed by atoms with E-state index in [1.165, 1.54) is 4.90 Å². The maximum atomic E-state index is 14.3. The number of primary sulfonamides is 1. The normalized spacial score (nSPS) is 16.9. The quantitative estimate of drug-likeness (QED) is 0.764. The van der Waals surface area contributed by atoms with Gasteiger partial charge in [-0.1, -0.05) is 0 Å². The predicted octanol–water partition coefficient (Wildman–Crippen LogP) is 1.79. The van der Waals surface area contributed by atoms with Gasteiger partial charge in [-0.05, 0) is 45.7 Å². The first kappa shape index (κ1) is 22.5. The molecule has 1 amide bonds. The van der Waals surface area contributed by atoms with Gasteiger partial charge >= 0.3 is 6.09 Å². The lowest BCUT2D eigenvalue weighted by Gasteiger charge is -2.33. The van der Waals surface area contributed by atoms with Crippen molar-refractivity contribution < 1.29 is 35.1 Å². The van der Waals surface area contributed by atoms with E-state index in [2.05, 4.69) is 0 Å². The van der Waals surface area contributed by atoms with Crippen LogP contribution in [0, 0.1) is 11.6 Å². The minimum Gasteiger partial charge on any atom is -0.444 e. The molecule has 1 aliphatic rings. The maximum absolute atomic E-state index is 14.3. The number of hydrogen-bond donors (Lipinski definition) is 1. The number of ether oxygens (including phenoxy) is 1. The van der Waals surface area contributed by atoms with Gasteiger partial charge in [0.15, 0.2) is 21.5 Å². The van der Waals surface area contributed by atoms with E-state index in [4.69, 9.17) is 9.88 Å². The summed E-state index contributed by atoms with van der Waals surface area (Å²) in [6.45, 7) is 5.23. The van der Waals surface area contributed by atoms with Crippen molar-refractivity contribution in [1.29, 1.82) is 0 Å². The zero-order valence-electron chi connectivity index (χ0n) is 15.6. The number of carbonyl (C=O) groups is 1. The maximum Gasteiger partial charge on any atom is 0.410 e. The van der Waals surface area contributed by atoms with E-state index in [1.54, 1.807) is 20.8 Å². The van der Waals surface area contributed by atoms with Crippen LogP contribution in [-0.4, -0.2) is 51.8 Å². The topological polar surface area (TPSA) is 124 Å². The second-order valence-electron chi connectivity index (χ2n) is 7.45. The summed E-state index contributed by atoms with van der Waals surface area (Å²) >= 11 is 0. The summed E-state index contributed by atoms with van der Waals surface area (Å²) in [5.41, 5.74) is -0.703. The van der Waals surface area contributed by atoms with E-state index in [1.807, 2.05) is 0 Å². The first-order valence-electron chi connectivity index (χ1n) is 8.37. The number of likely N-dealkylation sites (tertiary alicyclic amines) is 1. The molecule has 1 heterocycles. The third-order valence-electron chi connectivity index (χ3n) is 4.16. The highest BCUT2D eigenvalue weighted by molar-refractivity contribution is 7.92. The number of carbonyl (C=O) groups excluding carboxylic acids is 1. The number of benzene rings is 1. The molecule has 0 saturated carbocycles. The van der Waals surface area contributed by atoms with Gasteiger partial charge in [0.2, 0.25) is 10.0 Å². The van der Waals surface area contributed by atoms with Gasteiger partial charge in [-0.15, -0.1) is 0 Å². The number of halogens is 2. The monoisotopic (exact) mass is 440 g/mol. The Bertz CT molecular complexity index is 979. The molecule has 1 fully saturated rings. The fourth-order valence-corrected chi connectivity index (χ4v) is 5.19. The van der Waals surface area contributed by atoms with Crippen LogP contribution in [0.1, 0.15) is 33.6 Å². The molecule has 2 rings (SSSR count). The lowest BCUT2D eigenvalue weighted by atomic mass is 10.1. The lowest BCUT2D eigenvalue weighted by Crippen LogP contribution is -2.44. The highest BCUT2D eigenvalue weighted by atomic mass is 32.2. The molecule has 1 saturated heterocycles. The molecule has 0 aliphatic carbocycles. The van der Waals surface area contributed by atoms with Gasteiger partial charge in [-0.2, -0.15) is 0 Å². The van der Waals surface area contributed by atoms with Crippen LogP contribution in [0.5, 0.6) is 0 Å². The van der Waals surface area contributed by atoms with E-state index in [0.29, 0.717) is 12.1 Å². The SMILES string of the molecule is CC(C)(C)OC(=O)N1CCC(S(=O)(=O)c2ccc(S(N)(=O)=O)c(F)c2F)CC1. The molecule has 12 heteroatoms. The highest BCUT2D eigenvalue weighted by Crippen LogP contribution is 2.30. The summed E-state index contributed by atoms with van der Waals surface area (Å²) in [5.74, 6) is -3.63. The summed E-state index contributed by atoms with van der Waals surface area (Å²) in [6.07, 6.45) is -0.586. The Balaban J connectivity index is 2.22. The van der Waals surface area contributed by atoms with Crippen molar-refractivity contribution in [2.75, 3.05) is 13.1 Å². The molecular weight excluding hydrogens is 418 g/mol. The van der Waals surface area contributed by atoms with Gasteiger partial charge in [0.25, 0.3) is 0 Å². The number of rotatable bonds is 3. The second kappa shape index (κ2) is 7.56. The summed E-state index contributed by atoms with van der Waals surface area (Å²) in [6, 6.07) is 1.31. The first-order valence-corrected chi connectivity index (χ1v) is 11.5. The van der Waals surface area contributed by atoms with Crippen molar-refractivity contribution in [3.05, 3.63) is 23.8 Å². The summed E-state index contributed by atoms with van der Waals surface area (Å²) in [5, 5.41) is 3.73. The van der Waals surface area contributed by atoms with Crippen molar-refractivity contribution in [2.45, 2.75) is 54.3 Å². The number of hydrogen-bond acceptors (Lipinski definition) is 6. The fourth-order valence-electron chi connectivity index (χ4n) is 2.81. The average Bonchev–Trinajstić information content (AvgIpc) is 2.54. The van der Waals surface area contributed by atoms with Gasteiger partial charge in [-0.25, -0.2) is 35.5 Å². The Morgan fingerprint density at radius 1 is 1.07 bits per heavy atom. The van der Waals surface area contributed by atoms with Crippen LogP contribution in [0.15, 0.2) is 21.9 Å². The number of sulfone groups is 1. The second-order valence-corrected chi connectivity index (χ2v) is 11.2. The van der Waals surface area contributed by atoms with E-state index in [-0.39, 0.29) is 25.9 Å². The van der Waals surface area contributed by atoms with Crippen LogP contribution in [0.3, 0.4) is 0 Å². The van der Waals surface area contributed by atoms with E-state index in [9.17, 15) is 30.4 Å². The van der Waals surface area contributed by atoms with Crippen LogP contribution in [0.25, 0.3) is 0 Å². The number of piperidine rings is 1. The van der Waals surface area contributed by atoms with Crippen molar-refractivity contribution in [3.63, 3.8) is 0 Å². The Hall–Kier alpha value is -1.79. The van der Waals surface area contributed by atoms with Crippen molar-refractivity contribution in [1.82, 2.24) is 4.90 Å². The van der Waals surface area contributed by atoms with E-state index >= 15 is 0 Å². The summed E-state index contributed by atoms with van der Waals surface area (Å²) in [4.78, 5) is 11.3. The van der Waals surface area contributed by atoms with Crippen molar-refractivity contribution in [2.24, 2.45) is 5.14 Å². The highest BCUT2D eigenvalue weighted by Gasteiger charge is 2.37. The number of nitrogens with two attached hydrogens (primary N) is 1. The third kappa shape index (κ3) is 4.78. The van der Waals surface area contributed by atoms with Crippen LogP contribution in [0.2, 0.25) is 0 Å². The molecule has 0 unspecified atom stereocenters. The fraction of sp³-hybridized carbons (Fsp3) is 0.562. The molecule has 0 atom stereocenters. The first-order chi connectivity index (χ1) is 12.6.